The molecule has 5 nitrogen and oxygen atoms in total. The van der Waals surface area contributed by atoms with Gasteiger partial charge in [-0.25, -0.2) is 9.50 Å². The third-order valence-corrected chi connectivity index (χ3v) is 4.34. The number of rotatable bonds is 4. The van der Waals surface area contributed by atoms with Gasteiger partial charge in [0.1, 0.15) is 5.56 Å². The molecule has 0 aliphatic carbocycles. The van der Waals surface area contributed by atoms with Crippen LogP contribution in [0.4, 0.5) is 0 Å². The molecule has 0 fully saturated rings. The maximum atomic E-state index is 12.7. The van der Waals surface area contributed by atoms with Gasteiger partial charge in [0.05, 0.1) is 6.20 Å². The van der Waals surface area contributed by atoms with E-state index in [1.807, 2.05) is 18.2 Å². The van der Waals surface area contributed by atoms with Crippen LogP contribution >= 0.6 is 0 Å². The van der Waals surface area contributed by atoms with Crippen molar-refractivity contribution in [3.63, 3.8) is 0 Å². The molecule has 5 heteroatoms. The number of hydrogen-bond donors (Lipinski definition) is 0. The van der Waals surface area contributed by atoms with Crippen molar-refractivity contribution in [1.29, 1.82) is 0 Å². The molecule has 0 atom stereocenters. The summed E-state index contributed by atoms with van der Waals surface area (Å²) in [4.78, 5) is 18.7. The summed E-state index contributed by atoms with van der Waals surface area (Å²) in [5.41, 5.74) is 4.50. The normalized spacial score (nSPS) is 10.8. The predicted octanol–water partition coefficient (Wildman–Crippen LogP) is 3.67. The fraction of sp³-hybridized carbons (Fsp3) is 0.0952. The lowest BCUT2D eigenvalue weighted by atomic mass is 10.0. The van der Waals surface area contributed by atoms with Gasteiger partial charge >= 0.3 is 0 Å². The predicted molar refractivity (Wildman–Crippen MR) is 101 cm³/mol. The molecule has 2 aromatic heterocycles. The molecule has 2 heterocycles. The zero-order valence-corrected chi connectivity index (χ0v) is 14.4. The van der Waals surface area contributed by atoms with Crippen molar-refractivity contribution in [2.45, 2.75) is 6.54 Å². The monoisotopic (exact) mass is 342 g/mol. The highest BCUT2D eigenvalue weighted by Gasteiger charge is 2.17. The van der Waals surface area contributed by atoms with Gasteiger partial charge in [0, 0.05) is 26.0 Å². The van der Waals surface area contributed by atoms with Crippen LogP contribution in [0.15, 0.2) is 79.3 Å². The van der Waals surface area contributed by atoms with Gasteiger partial charge in [-0.15, -0.1) is 0 Å². The Morgan fingerprint density at radius 3 is 2.50 bits per heavy atom. The van der Waals surface area contributed by atoms with E-state index >= 15 is 0 Å². The van der Waals surface area contributed by atoms with Crippen molar-refractivity contribution >= 4 is 11.6 Å². The molecule has 0 spiro atoms. The first-order chi connectivity index (χ1) is 12.7. The molecular weight excluding hydrogens is 324 g/mol. The number of carbonyl (C=O) groups is 1. The summed E-state index contributed by atoms with van der Waals surface area (Å²) in [7, 11) is 1.79. The first-order valence-corrected chi connectivity index (χ1v) is 8.40. The van der Waals surface area contributed by atoms with Crippen LogP contribution in [0.5, 0.6) is 0 Å². The molecule has 0 unspecified atom stereocenters. The van der Waals surface area contributed by atoms with E-state index in [9.17, 15) is 4.79 Å². The first-order valence-electron chi connectivity index (χ1n) is 8.40. The molecule has 4 rings (SSSR count). The third kappa shape index (κ3) is 3.07. The Kier molecular flexibility index (Phi) is 4.19. The molecule has 0 saturated carbocycles. The lowest BCUT2D eigenvalue weighted by Gasteiger charge is -2.16. The van der Waals surface area contributed by atoms with Crippen LogP contribution < -0.4 is 0 Å². The second-order valence-corrected chi connectivity index (χ2v) is 6.17. The number of amides is 1. The van der Waals surface area contributed by atoms with Gasteiger partial charge in [0.25, 0.3) is 5.91 Å². The smallest absolute Gasteiger partial charge is 0.259 e. The molecule has 128 valence electrons. The van der Waals surface area contributed by atoms with Gasteiger partial charge in [-0.05, 0) is 22.8 Å². The molecule has 2 aromatic carbocycles. The first kappa shape index (κ1) is 16.0. The largest absolute Gasteiger partial charge is 0.337 e. The molecule has 4 aromatic rings. The van der Waals surface area contributed by atoms with Crippen LogP contribution in [-0.2, 0) is 6.54 Å². The van der Waals surface area contributed by atoms with Crippen LogP contribution in [0, 0.1) is 0 Å². The zero-order valence-electron chi connectivity index (χ0n) is 14.4. The average molecular weight is 342 g/mol. The maximum Gasteiger partial charge on any atom is 0.259 e. The highest BCUT2D eigenvalue weighted by atomic mass is 16.2. The minimum absolute atomic E-state index is 0.0918. The SMILES string of the molecule is CN(Cc1ccc(-c2ccccc2)cc1)C(=O)c1cnn2cccnc12. The molecule has 0 aliphatic heterocycles. The minimum atomic E-state index is -0.0918. The molecule has 0 N–H and O–H groups in total. The Morgan fingerprint density at radius 1 is 1.00 bits per heavy atom. The third-order valence-electron chi connectivity index (χ3n) is 4.34. The van der Waals surface area contributed by atoms with Gasteiger partial charge in [-0.2, -0.15) is 5.10 Å². The Balaban J connectivity index is 1.51. The van der Waals surface area contributed by atoms with Crippen LogP contribution in [0.1, 0.15) is 15.9 Å². The molecule has 0 bridgehead atoms. The summed E-state index contributed by atoms with van der Waals surface area (Å²) in [6.45, 7) is 0.526. The summed E-state index contributed by atoms with van der Waals surface area (Å²) < 4.78 is 1.61. The Labute approximate surface area is 151 Å². The number of carbonyl (C=O) groups excluding carboxylic acids is 1. The highest BCUT2D eigenvalue weighted by molar-refractivity contribution is 5.99. The van der Waals surface area contributed by atoms with Crippen molar-refractivity contribution in [3.8, 4) is 11.1 Å². The van der Waals surface area contributed by atoms with E-state index in [4.69, 9.17) is 0 Å². The van der Waals surface area contributed by atoms with Gasteiger partial charge in [0.15, 0.2) is 5.65 Å². The standard InChI is InChI=1S/C21H18N4O/c1-24(21(26)19-14-23-25-13-5-12-22-20(19)25)15-16-8-10-18(11-9-16)17-6-3-2-4-7-17/h2-14H,15H2,1H3. The molecular formula is C21H18N4O. The number of fused-ring (bicyclic) bond motifs is 1. The van der Waals surface area contributed by atoms with Gasteiger partial charge in [-0.1, -0.05) is 54.6 Å². The van der Waals surface area contributed by atoms with Gasteiger partial charge in [0.2, 0.25) is 0 Å². The van der Waals surface area contributed by atoms with E-state index < -0.39 is 0 Å². The van der Waals surface area contributed by atoms with Crippen molar-refractivity contribution in [3.05, 3.63) is 90.4 Å². The zero-order chi connectivity index (χ0) is 17.9. The lowest BCUT2D eigenvalue weighted by molar-refractivity contribution is 0.0787. The average Bonchev–Trinajstić information content (AvgIpc) is 3.13. The Hall–Kier alpha value is -3.47. The number of hydrogen-bond acceptors (Lipinski definition) is 3. The van der Waals surface area contributed by atoms with Crippen molar-refractivity contribution in [2.24, 2.45) is 0 Å². The topological polar surface area (TPSA) is 50.5 Å². The maximum absolute atomic E-state index is 12.7. The summed E-state index contributed by atoms with van der Waals surface area (Å²) in [6, 6.07) is 20.3. The van der Waals surface area contributed by atoms with E-state index in [0.717, 1.165) is 11.1 Å². The summed E-state index contributed by atoms with van der Waals surface area (Å²) in [5.74, 6) is -0.0918. The van der Waals surface area contributed by atoms with E-state index in [1.54, 1.807) is 41.1 Å². The molecule has 26 heavy (non-hydrogen) atoms. The van der Waals surface area contributed by atoms with Crippen LogP contribution in [0.3, 0.4) is 0 Å². The van der Waals surface area contributed by atoms with Crippen LogP contribution in [0.2, 0.25) is 0 Å². The van der Waals surface area contributed by atoms with E-state index in [-0.39, 0.29) is 5.91 Å². The van der Waals surface area contributed by atoms with E-state index in [0.29, 0.717) is 17.8 Å². The van der Waals surface area contributed by atoms with Crippen LogP contribution in [-0.4, -0.2) is 32.5 Å². The minimum Gasteiger partial charge on any atom is -0.337 e. The van der Waals surface area contributed by atoms with Crippen molar-refractivity contribution in [1.82, 2.24) is 19.5 Å². The second kappa shape index (κ2) is 6.80. The fourth-order valence-electron chi connectivity index (χ4n) is 2.96. The van der Waals surface area contributed by atoms with Crippen molar-refractivity contribution < 1.29 is 4.79 Å². The quantitative estimate of drug-likeness (QED) is 0.569. The van der Waals surface area contributed by atoms with Crippen molar-refractivity contribution in [2.75, 3.05) is 7.05 Å². The fourth-order valence-corrected chi connectivity index (χ4v) is 2.96. The summed E-state index contributed by atoms with van der Waals surface area (Å²) in [6.07, 6.45) is 5.01. The number of benzene rings is 2. The molecule has 0 radical (unpaired) electrons. The van der Waals surface area contributed by atoms with E-state index in [1.165, 1.54) is 5.56 Å². The van der Waals surface area contributed by atoms with Gasteiger partial charge < -0.3 is 4.90 Å². The molecule has 1 amide bonds. The summed E-state index contributed by atoms with van der Waals surface area (Å²) >= 11 is 0. The summed E-state index contributed by atoms with van der Waals surface area (Å²) in [5, 5.41) is 4.18. The Bertz CT molecular complexity index is 1040. The Morgan fingerprint density at radius 2 is 1.73 bits per heavy atom. The van der Waals surface area contributed by atoms with Crippen LogP contribution in [0.25, 0.3) is 16.8 Å². The molecule has 0 saturated heterocycles. The molecule has 0 aliphatic rings. The second-order valence-electron chi connectivity index (χ2n) is 6.17. The number of nitrogens with zero attached hydrogens (tertiary/aromatic N) is 4. The van der Waals surface area contributed by atoms with E-state index in [2.05, 4.69) is 46.5 Å². The highest BCUT2D eigenvalue weighted by Crippen LogP contribution is 2.20. The number of aromatic nitrogens is 3. The van der Waals surface area contributed by atoms with Gasteiger partial charge in [-0.3, -0.25) is 4.79 Å². The lowest BCUT2D eigenvalue weighted by Crippen LogP contribution is -2.26.